The Kier molecular flexibility index (Phi) is 31.1. The first-order chi connectivity index (χ1) is 68.3. The first-order valence-corrected chi connectivity index (χ1v) is 53.0. The number of sulfonamides is 4. The summed E-state index contributed by atoms with van der Waals surface area (Å²) in [5.41, 5.74) is 17.4. The zero-order valence-corrected chi connectivity index (χ0v) is 86.6. The summed E-state index contributed by atoms with van der Waals surface area (Å²) in [4.78, 5) is 97.5. The number of amides is 4. The van der Waals surface area contributed by atoms with Gasteiger partial charge in [0.05, 0.1) is 53.4 Å². The molecule has 4 atom stereocenters. The number of hydrogen-bond donors (Lipinski definition) is 7. The quantitative estimate of drug-likeness (QED) is 0.0313. The van der Waals surface area contributed by atoms with Gasteiger partial charge in [-0.05, 0) is 282 Å². The molecule has 41 heteroatoms. The van der Waals surface area contributed by atoms with Crippen LogP contribution in [-0.2, 0) is 52.7 Å². The van der Waals surface area contributed by atoms with E-state index in [-0.39, 0.29) is 82.4 Å². The topological polar surface area (TPSA) is 455 Å². The number of methoxy groups -OCH3 is 2. The molecule has 5 aliphatic heterocycles. The third-order valence-electron chi connectivity index (χ3n) is 25.9. The fourth-order valence-corrected chi connectivity index (χ4v) is 23.7. The minimum atomic E-state index is -4.53. The zero-order chi connectivity index (χ0) is 105. The van der Waals surface area contributed by atoms with Gasteiger partial charge in [-0.1, -0.05) is 88.4 Å². The number of nitrogens with zero attached hydrogens (tertiary/aromatic N) is 13. The third kappa shape index (κ3) is 24.1. The number of aryl methyl sites for hydroxylation is 3. The lowest BCUT2D eigenvalue weighted by Crippen LogP contribution is -2.41. The summed E-state index contributed by atoms with van der Waals surface area (Å²) < 4.78 is 163. The second kappa shape index (κ2) is 42.5. The van der Waals surface area contributed by atoms with Gasteiger partial charge >= 0.3 is 6.18 Å². The second-order valence-corrected chi connectivity index (χ2v) is 46.0. The highest BCUT2D eigenvalue weighted by molar-refractivity contribution is 7.91. The number of para-hydroxylation sites is 2. The molecule has 12 aromatic rings. The molecule has 4 saturated heterocycles. The van der Waals surface area contributed by atoms with Gasteiger partial charge in [0.15, 0.2) is 10.1 Å². The molecule has 4 aromatic carbocycles. The van der Waals surface area contributed by atoms with Crippen LogP contribution in [0.4, 0.5) is 71.1 Å². The number of nitrogens with two attached hydrogens (primary N) is 2. The first-order valence-electron chi connectivity index (χ1n) is 47.0. The highest BCUT2D eigenvalue weighted by atomic mass is 32.2. The van der Waals surface area contributed by atoms with Gasteiger partial charge in [0.1, 0.15) is 67.8 Å². The van der Waals surface area contributed by atoms with Crippen molar-refractivity contribution in [2.45, 2.75) is 184 Å². The second-order valence-electron chi connectivity index (χ2n) is 39.4. The molecule has 0 aliphatic carbocycles. The van der Waals surface area contributed by atoms with Crippen molar-refractivity contribution in [2.24, 2.45) is 23.7 Å². The van der Waals surface area contributed by atoms with Gasteiger partial charge < -0.3 is 50.8 Å². The van der Waals surface area contributed by atoms with E-state index >= 15 is 0 Å². The number of ether oxygens (including phenoxy) is 2. The van der Waals surface area contributed by atoms with E-state index in [1.807, 2.05) is 96.8 Å². The van der Waals surface area contributed by atoms with Crippen molar-refractivity contribution in [3.8, 4) is 34.0 Å². The Hall–Kier alpha value is -14.5. The highest BCUT2D eigenvalue weighted by Crippen LogP contribution is 2.45. The molecular formula is C104H119F3N20O14S4. The molecule has 0 spiro atoms. The van der Waals surface area contributed by atoms with Crippen LogP contribution in [0.15, 0.2) is 239 Å². The number of aromatic nitrogens is 8. The van der Waals surface area contributed by atoms with Gasteiger partial charge in [0, 0.05) is 102 Å². The maximum atomic E-state index is 13.4. The average molecular weight is 2060 g/mol. The maximum Gasteiger partial charge on any atom is 0.416 e. The van der Waals surface area contributed by atoms with Crippen LogP contribution in [0, 0.1) is 37.5 Å². The van der Waals surface area contributed by atoms with Crippen LogP contribution in [0.5, 0.6) is 11.5 Å². The van der Waals surface area contributed by atoms with Crippen molar-refractivity contribution >= 4 is 122 Å². The lowest BCUT2D eigenvalue weighted by atomic mass is 9.97. The normalized spacial score (nSPS) is 17.7. The van der Waals surface area contributed by atoms with Crippen molar-refractivity contribution < 1.29 is 75.5 Å². The number of carbonyl (C=O) groups excluding carboxylic acids is 4. The Bertz CT molecular complexity index is 7410. The van der Waals surface area contributed by atoms with Gasteiger partial charge in [-0.2, -0.15) is 30.0 Å². The smallest absolute Gasteiger partial charge is 0.416 e. The molecule has 764 valence electrons. The summed E-state index contributed by atoms with van der Waals surface area (Å²) in [6, 6.07) is 51.3. The molecule has 17 rings (SSSR count). The molecular weight excluding hydrogens is 1940 g/mol. The van der Waals surface area contributed by atoms with Gasteiger partial charge in [0.25, 0.3) is 63.7 Å². The molecule has 4 fully saturated rings. The summed E-state index contributed by atoms with van der Waals surface area (Å²) in [6.45, 7) is 32.6. The van der Waals surface area contributed by atoms with Crippen LogP contribution >= 0.6 is 0 Å². The predicted octanol–water partition coefficient (Wildman–Crippen LogP) is 16.9. The van der Waals surface area contributed by atoms with Gasteiger partial charge in [-0.15, -0.1) is 0 Å². The number of nitrogen functional groups attached to an aromatic ring is 2. The van der Waals surface area contributed by atoms with E-state index in [1.165, 1.54) is 84.7 Å². The van der Waals surface area contributed by atoms with Crippen LogP contribution in [0.3, 0.4) is 0 Å². The highest BCUT2D eigenvalue weighted by Gasteiger charge is 2.45. The van der Waals surface area contributed by atoms with Crippen molar-refractivity contribution in [1.82, 2.24) is 58.8 Å². The van der Waals surface area contributed by atoms with Crippen LogP contribution in [0.1, 0.15) is 179 Å². The van der Waals surface area contributed by atoms with E-state index < -0.39 is 80.5 Å². The summed E-state index contributed by atoms with van der Waals surface area (Å²) in [5, 5.41) is 2.00. The number of hydrogen-bond acceptors (Lipinski definition) is 30. The lowest BCUT2D eigenvalue weighted by molar-refractivity contribution is -0.137. The van der Waals surface area contributed by atoms with Gasteiger partial charge in [0.2, 0.25) is 0 Å². The number of nitrogens with one attached hydrogen (secondary N) is 5. The Morgan fingerprint density at radius 2 is 0.862 bits per heavy atom. The van der Waals surface area contributed by atoms with E-state index in [1.54, 1.807) is 81.2 Å². The Labute approximate surface area is 843 Å². The van der Waals surface area contributed by atoms with Crippen molar-refractivity contribution in [2.75, 3.05) is 88.2 Å². The molecule has 9 N–H and O–H groups in total. The van der Waals surface area contributed by atoms with Crippen LogP contribution in [0.2, 0.25) is 0 Å². The van der Waals surface area contributed by atoms with E-state index in [2.05, 4.69) is 139 Å². The molecule has 4 amide bonds. The lowest BCUT2D eigenvalue weighted by Gasteiger charge is -2.34. The molecule has 13 heterocycles. The number of benzene rings is 4. The number of pyridine rings is 8. The van der Waals surface area contributed by atoms with Crippen LogP contribution in [0.25, 0.3) is 22.5 Å². The predicted molar refractivity (Wildman–Crippen MR) is 552 cm³/mol. The number of halogens is 3. The fourth-order valence-electron chi connectivity index (χ4n) is 19.7. The summed E-state index contributed by atoms with van der Waals surface area (Å²) in [7, 11) is -13.9. The zero-order valence-electron chi connectivity index (χ0n) is 83.3. The molecule has 0 bridgehead atoms. The van der Waals surface area contributed by atoms with Crippen LogP contribution < -0.4 is 69.6 Å². The minimum absolute atomic E-state index is 0.00970. The number of anilines is 10. The molecule has 34 nitrogen and oxygen atoms in total. The van der Waals surface area contributed by atoms with Crippen molar-refractivity contribution in [1.29, 1.82) is 0 Å². The number of rotatable bonds is 23. The third-order valence-corrected chi connectivity index (χ3v) is 31.2. The Morgan fingerprint density at radius 3 is 1.34 bits per heavy atom. The first kappa shape index (κ1) is 106. The van der Waals surface area contributed by atoms with E-state index in [0.717, 1.165) is 97.4 Å². The largest absolute Gasteiger partial charge is 0.496 e. The number of carbonyl (C=O) groups is 4. The maximum absolute atomic E-state index is 13.4. The summed E-state index contributed by atoms with van der Waals surface area (Å²) in [5.74, 6) is 1.68. The van der Waals surface area contributed by atoms with Gasteiger partial charge in [-0.25, -0.2) is 75.6 Å². The molecule has 145 heavy (non-hydrogen) atoms. The van der Waals surface area contributed by atoms with Crippen molar-refractivity contribution in [3.05, 3.63) is 263 Å². The van der Waals surface area contributed by atoms with E-state index in [4.69, 9.17) is 30.9 Å². The summed E-state index contributed by atoms with van der Waals surface area (Å²) in [6.07, 6.45) is 6.97. The SMILES string of the molecule is CC1CN(c2ncccc2C(=O)NS(=O)(=O)c2cccc(N3CCCc4ccccc43)n2)C(C)(C)C1.CC1CN(c2ncccc2C(=O)NS(=O)(=O)c2cccc(Nc3cccc(C(F)(F)F)c3)n2)C(C)(C)C1.COc1c(C)cccc1-c1ccc(C(=O)NS(=O)(=O)c2cccnc2N)c(N2C[C@@H](C)CC2(C)C)n1.COc1cc(-c2ccc(C(=O)NS(=O)(=O)c3cccnc3N)c(N3C[C@@H](C)CC3(C)C)n2)ccc1C. The van der Waals surface area contributed by atoms with Crippen molar-refractivity contribution in [3.63, 3.8) is 0 Å². The molecule has 8 aromatic heterocycles. The molecule has 0 radical (unpaired) electrons. The summed E-state index contributed by atoms with van der Waals surface area (Å²) >= 11 is 0. The number of alkyl halides is 3. The van der Waals surface area contributed by atoms with Crippen LogP contribution in [-0.4, -0.2) is 166 Å². The van der Waals surface area contributed by atoms with Gasteiger partial charge in [-0.3, -0.25) is 19.2 Å². The molecule has 5 aliphatic rings. The standard InChI is InChI=1S/C27H31N5O3S.2C26H31N5O4S.C25H26F3N5O3S/c1-19-17-27(2,3)32(18-19)25-21(11-7-15-28-25)26(33)30-36(34,35)24-14-6-13-23(29-24)31-16-8-10-20-9-4-5-12-22(20)31;1-16-14-26(3,4)31(15-16)24-19(25(32)30-36(33,34)21-10-7-13-28-23(21)27)11-12-20(29-24)18-9-6-8-17(2)22(18)35-5;1-16-14-26(3,4)31(15-16)24-19(25(32)30-36(33,34)22-7-6-12-28-23(22)27)10-11-20(29-24)18-9-8-17(2)21(13-18)35-5;1-16-14-24(2,3)33(15-16)22-19(9-6-12-29-22)23(34)32-37(35,36)21-11-5-10-20(31-21)30-18-8-4-7-17(13-18)25(26,27)28/h4-7,9,11-15,19H,8,10,16-18H2,1-3H3,(H,30,33);2*6-13,16H,14-15H2,1-5H3,(H2,27,28)(H,30,32);4-13,16H,14-15H2,1-3H3,(H,30,31)(H,32,34)/t;2*16-;/m.00./s1. The monoisotopic (exact) mass is 2060 g/mol. The van der Waals surface area contributed by atoms with E-state index in [9.17, 15) is 66.0 Å². The van der Waals surface area contributed by atoms with E-state index in [0.29, 0.717) is 89.5 Å². The molecule has 0 saturated carbocycles. The Balaban J connectivity index is 0.000000153. The average Bonchev–Trinajstić information content (AvgIpc) is 1.73. The number of fused-ring (bicyclic) bond motifs is 1. The molecule has 2 unspecified atom stereocenters. The fraction of sp³-hybridized carbons (Fsp3) is 0.346. The minimum Gasteiger partial charge on any atom is -0.496 e. The Morgan fingerprint density at radius 1 is 0.428 bits per heavy atom.